The van der Waals surface area contributed by atoms with Crippen molar-refractivity contribution in [2.45, 2.75) is 26.3 Å². The molecule has 0 saturated carbocycles. The van der Waals surface area contributed by atoms with Gasteiger partial charge in [-0.3, -0.25) is 18.7 Å². The number of para-hydroxylation sites is 1. The minimum absolute atomic E-state index is 0.00211. The van der Waals surface area contributed by atoms with Crippen molar-refractivity contribution in [2.75, 3.05) is 49.2 Å². The third kappa shape index (κ3) is 5.76. The van der Waals surface area contributed by atoms with E-state index in [9.17, 15) is 27.3 Å². The minimum Gasteiger partial charge on any atom is -0.368 e. The van der Waals surface area contributed by atoms with E-state index in [-0.39, 0.29) is 29.9 Å². The van der Waals surface area contributed by atoms with Gasteiger partial charge >= 0.3 is 24.9 Å². The number of fused-ring (bicyclic) bond motifs is 1. The van der Waals surface area contributed by atoms with Crippen molar-refractivity contribution in [3.05, 3.63) is 68.7 Å². The topological polar surface area (TPSA) is 96.9 Å². The van der Waals surface area contributed by atoms with Crippen molar-refractivity contribution in [3.63, 3.8) is 0 Å². The fraction of sp³-hybridized carbons (Fsp3) is 0.417. The first-order valence-electron chi connectivity index (χ1n) is 11.9. The first-order valence-corrected chi connectivity index (χ1v) is 13.6. The van der Waals surface area contributed by atoms with E-state index in [1.54, 1.807) is 18.7 Å². The lowest BCUT2D eigenvalue weighted by molar-refractivity contribution is -0.137. The van der Waals surface area contributed by atoms with E-state index < -0.39 is 36.7 Å². The first-order chi connectivity index (χ1) is 17.6. The molecule has 0 bridgehead atoms. The molecule has 1 saturated heterocycles. The van der Waals surface area contributed by atoms with Gasteiger partial charge in [0.05, 0.1) is 35.5 Å². The SMILES string of the molecule is CCOP(=O)(Cn1c(=O)c(=O)[nH]c2cc(C(F)(F)F)c(N3CCN(c4ccccc4)CC3)cc21)OCC. The van der Waals surface area contributed by atoms with Crippen LogP contribution in [0.4, 0.5) is 24.5 Å². The van der Waals surface area contributed by atoms with Crippen molar-refractivity contribution < 1.29 is 26.8 Å². The second-order valence-electron chi connectivity index (χ2n) is 8.47. The molecule has 37 heavy (non-hydrogen) atoms. The highest BCUT2D eigenvalue weighted by Gasteiger charge is 2.37. The number of piperazine rings is 1. The zero-order chi connectivity index (χ0) is 26.8. The van der Waals surface area contributed by atoms with E-state index in [4.69, 9.17) is 9.05 Å². The van der Waals surface area contributed by atoms with Gasteiger partial charge < -0.3 is 23.8 Å². The highest BCUT2D eigenvalue weighted by atomic mass is 31.2. The van der Waals surface area contributed by atoms with E-state index in [0.29, 0.717) is 26.2 Å². The molecule has 1 N–H and O–H groups in total. The molecule has 0 atom stereocenters. The summed E-state index contributed by atoms with van der Waals surface area (Å²) >= 11 is 0. The van der Waals surface area contributed by atoms with E-state index in [2.05, 4.69) is 9.88 Å². The standard InChI is InChI=1S/C24H28F3N4O5P/c1-3-35-37(34,36-4-2)16-31-21-15-20(18(24(25,26)27)14-19(21)28-22(32)23(31)33)30-12-10-29(11-13-30)17-8-6-5-7-9-17/h5-9,14-15H,3-4,10-13,16H2,1-2H3,(H,28,32). The van der Waals surface area contributed by atoms with Gasteiger partial charge in [-0.15, -0.1) is 0 Å². The normalized spacial score (nSPS) is 14.9. The number of nitrogens with zero attached hydrogens (tertiary/aromatic N) is 3. The Morgan fingerprint density at radius 3 is 2.11 bits per heavy atom. The summed E-state index contributed by atoms with van der Waals surface area (Å²) in [5.74, 6) is 0. The molecule has 1 fully saturated rings. The smallest absolute Gasteiger partial charge is 0.368 e. The number of benzene rings is 2. The van der Waals surface area contributed by atoms with E-state index >= 15 is 0 Å². The van der Waals surface area contributed by atoms with Crippen LogP contribution in [0.5, 0.6) is 0 Å². The van der Waals surface area contributed by atoms with Gasteiger partial charge in [-0.05, 0) is 38.1 Å². The molecule has 0 spiro atoms. The molecule has 3 aromatic rings. The lowest BCUT2D eigenvalue weighted by Gasteiger charge is -2.38. The van der Waals surface area contributed by atoms with Crippen LogP contribution in [0.2, 0.25) is 0 Å². The minimum atomic E-state index is -4.72. The van der Waals surface area contributed by atoms with Crippen LogP contribution in [0.15, 0.2) is 52.1 Å². The van der Waals surface area contributed by atoms with Gasteiger partial charge in [-0.2, -0.15) is 13.2 Å². The summed E-state index contributed by atoms with van der Waals surface area (Å²) in [5.41, 5.74) is -2.50. The molecule has 1 aliphatic rings. The molecule has 4 rings (SSSR count). The number of aromatic amines is 1. The highest BCUT2D eigenvalue weighted by Crippen LogP contribution is 2.50. The highest BCUT2D eigenvalue weighted by molar-refractivity contribution is 7.52. The Morgan fingerprint density at radius 1 is 0.946 bits per heavy atom. The maximum atomic E-state index is 14.1. The Balaban J connectivity index is 1.80. The Kier molecular flexibility index (Phi) is 7.82. The van der Waals surface area contributed by atoms with Crippen LogP contribution in [-0.4, -0.2) is 48.9 Å². The van der Waals surface area contributed by atoms with Gasteiger partial charge in [0, 0.05) is 31.9 Å². The fourth-order valence-electron chi connectivity index (χ4n) is 4.47. The molecular formula is C24H28F3N4O5P. The number of hydrogen-bond donors (Lipinski definition) is 1. The Hall–Kier alpha value is -3.08. The van der Waals surface area contributed by atoms with Gasteiger partial charge in [0.15, 0.2) is 0 Å². The van der Waals surface area contributed by atoms with E-state index in [0.717, 1.165) is 16.3 Å². The van der Waals surface area contributed by atoms with Gasteiger partial charge in [0.1, 0.15) is 6.29 Å². The molecule has 0 amide bonds. The van der Waals surface area contributed by atoms with Crippen molar-refractivity contribution in [1.82, 2.24) is 9.55 Å². The average Bonchev–Trinajstić information content (AvgIpc) is 2.86. The summed E-state index contributed by atoms with van der Waals surface area (Å²) in [5, 5.41) is 0. The van der Waals surface area contributed by atoms with Gasteiger partial charge in [-0.25, -0.2) is 0 Å². The van der Waals surface area contributed by atoms with Gasteiger partial charge in [0.2, 0.25) is 0 Å². The second kappa shape index (κ2) is 10.7. The number of nitrogens with one attached hydrogen (secondary N) is 1. The Bertz CT molecular complexity index is 1410. The zero-order valence-corrected chi connectivity index (χ0v) is 21.3. The molecular weight excluding hydrogens is 512 g/mol. The molecule has 13 heteroatoms. The van der Waals surface area contributed by atoms with E-state index in [1.807, 2.05) is 30.3 Å². The largest absolute Gasteiger partial charge is 0.418 e. The zero-order valence-electron chi connectivity index (χ0n) is 20.5. The monoisotopic (exact) mass is 540 g/mol. The van der Waals surface area contributed by atoms with Crippen LogP contribution in [0.25, 0.3) is 11.0 Å². The van der Waals surface area contributed by atoms with Crippen LogP contribution in [0.1, 0.15) is 19.4 Å². The molecule has 1 aromatic heterocycles. The van der Waals surface area contributed by atoms with Crippen molar-refractivity contribution in [1.29, 1.82) is 0 Å². The molecule has 1 aliphatic heterocycles. The average molecular weight is 540 g/mol. The number of aromatic nitrogens is 2. The van der Waals surface area contributed by atoms with Gasteiger partial charge in [0.25, 0.3) is 0 Å². The molecule has 0 radical (unpaired) electrons. The maximum absolute atomic E-state index is 14.1. The van der Waals surface area contributed by atoms with Crippen LogP contribution in [0.3, 0.4) is 0 Å². The number of H-pyrrole nitrogens is 1. The van der Waals surface area contributed by atoms with Crippen LogP contribution in [-0.2, 0) is 26.1 Å². The summed E-state index contributed by atoms with van der Waals surface area (Å²) in [6.07, 6.45) is -5.33. The van der Waals surface area contributed by atoms with Crippen LogP contribution in [0, 0.1) is 0 Å². The molecule has 2 aromatic carbocycles. The number of halogens is 3. The first kappa shape index (κ1) is 27.0. The lowest BCUT2D eigenvalue weighted by atomic mass is 10.1. The third-order valence-electron chi connectivity index (χ3n) is 6.11. The quantitative estimate of drug-likeness (QED) is 0.337. The third-order valence-corrected chi connectivity index (χ3v) is 8.04. The van der Waals surface area contributed by atoms with E-state index in [1.165, 1.54) is 6.07 Å². The summed E-state index contributed by atoms with van der Waals surface area (Å²) in [7, 11) is -3.86. The van der Waals surface area contributed by atoms with Crippen LogP contribution >= 0.6 is 7.60 Å². The fourth-order valence-corrected chi connectivity index (χ4v) is 6.12. The number of hydrogen-bond acceptors (Lipinski definition) is 7. The summed E-state index contributed by atoms with van der Waals surface area (Å²) in [6, 6.07) is 11.6. The van der Waals surface area contributed by atoms with Crippen molar-refractivity contribution >= 4 is 30.0 Å². The molecule has 0 aliphatic carbocycles. The van der Waals surface area contributed by atoms with Gasteiger partial charge in [-0.1, -0.05) is 18.2 Å². The molecule has 200 valence electrons. The molecule has 0 unspecified atom stereocenters. The Morgan fingerprint density at radius 2 is 1.54 bits per heavy atom. The molecule has 2 heterocycles. The molecule has 9 nitrogen and oxygen atoms in total. The Labute approximate surface area is 210 Å². The number of alkyl halides is 3. The maximum Gasteiger partial charge on any atom is 0.418 e. The summed E-state index contributed by atoms with van der Waals surface area (Å²) in [6.45, 7) is 4.79. The summed E-state index contributed by atoms with van der Waals surface area (Å²) < 4.78 is 67.0. The van der Waals surface area contributed by atoms with Crippen molar-refractivity contribution in [3.8, 4) is 0 Å². The predicted octanol–water partition coefficient (Wildman–Crippen LogP) is 4.26. The number of anilines is 2. The predicted molar refractivity (Wildman–Crippen MR) is 136 cm³/mol. The summed E-state index contributed by atoms with van der Waals surface area (Å²) in [4.78, 5) is 31.0. The van der Waals surface area contributed by atoms with Crippen LogP contribution < -0.4 is 20.9 Å². The lowest BCUT2D eigenvalue weighted by Crippen LogP contribution is -2.47. The second-order valence-corrected chi connectivity index (χ2v) is 10.5. The number of rotatable bonds is 8. The van der Waals surface area contributed by atoms with Crippen molar-refractivity contribution in [2.24, 2.45) is 0 Å².